The predicted octanol–water partition coefficient (Wildman–Crippen LogP) is 5.03. The highest BCUT2D eigenvalue weighted by Gasteiger charge is 2.18. The Labute approximate surface area is 139 Å². The van der Waals surface area contributed by atoms with Crippen molar-refractivity contribution in [3.05, 3.63) is 65.7 Å². The summed E-state index contributed by atoms with van der Waals surface area (Å²) in [4.78, 5) is 0. The summed E-state index contributed by atoms with van der Waals surface area (Å²) in [7, 11) is 0. The van der Waals surface area contributed by atoms with Crippen molar-refractivity contribution < 1.29 is 0 Å². The standard InChI is InChI=1S/C19H24N2S/c1-14(15-10-6-5-7-11-15)20-18(22)21-17-13-9-8-12-16(17)19(2,3)4/h5-14H,1-4H3,(H2,20,21,22)/t14-/m1/s1. The molecule has 2 N–H and O–H groups in total. The maximum atomic E-state index is 5.47. The first-order valence-corrected chi connectivity index (χ1v) is 8.01. The Morgan fingerprint density at radius 3 is 2.18 bits per heavy atom. The molecule has 0 amide bonds. The number of benzene rings is 2. The molecule has 116 valence electrons. The van der Waals surface area contributed by atoms with E-state index in [1.807, 2.05) is 24.3 Å². The molecule has 0 bridgehead atoms. The van der Waals surface area contributed by atoms with Crippen LogP contribution in [0.3, 0.4) is 0 Å². The number of rotatable bonds is 3. The Morgan fingerprint density at radius 1 is 0.955 bits per heavy atom. The fraction of sp³-hybridized carbons (Fsp3) is 0.316. The van der Waals surface area contributed by atoms with E-state index >= 15 is 0 Å². The van der Waals surface area contributed by atoms with Crippen molar-refractivity contribution in [3.63, 3.8) is 0 Å². The number of nitrogens with one attached hydrogen (secondary N) is 2. The first-order valence-electron chi connectivity index (χ1n) is 7.60. The molecule has 0 aromatic heterocycles. The molecule has 0 aliphatic heterocycles. The molecule has 22 heavy (non-hydrogen) atoms. The van der Waals surface area contributed by atoms with Crippen LogP contribution in [0, 0.1) is 0 Å². The number of para-hydroxylation sites is 1. The number of hydrogen-bond acceptors (Lipinski definition) is 1. The normalized spacial score (nSPS) is 12.5. The molecule has 0 spiro atoms. The Morgan fingerprint density at radius 2 is 1.55 bits per heavy atom. The molecule has 0 fully saturated rings. The van der Waals surface area contributed by atoms with E-state index in [9.17, 15) is 0 Å². The zero-order chi connectivity index (χ0) is 16.2. The summed E-state index contributed by atoms with van der Waals surface area (Å²) in [5.74, 6) is 0. The van der Waals surface area contributed by atoms with Crippen LogP contribution >= 0.6 is 12.2 Å². The van der Waals surface area contributed by atoms with Crippen molar-refractivity contribution in [2.75, 3.05) is 5.32 Å². The van der Waals surface area contributed by atoms with Gasteiger partial charge in [-0.05, 0) is 41.7 Å². The SMILES string of the molecule is C[C@@H](NC(=S)Nc1ccccc1C(C)(C)C)c1ccccc1. The molecule has 3 heteroatoms. The molecular formula is C19H24N2S. The molecule has 0 aliphatic rings. The highest BCUT2D eigenvalue weighted by Crippen LogP contribution is 2.29. The summed E-state index contributed by atoms with van der Waals surface area (Å²) >= 11 is 5.47. The molecule has 2 rings (SSSR count). The number of anilines is 1. The number of hydrogen-bond donors (Lipinski definition) is 2. The van der Waals surface area contributed by atoms with E-state index in [2.05, 4.69) is 68.7 Å². The Kier molecular flexibility index (Phi) is 5.19. The van der Waals surface area contributed by atoms with Crippen molar-refractivity contribution in [2.24, 2.45) is 0 Å². The Bertz CT molecular complexity index is 629. The Hall–Kier alpha value is -1.87. The van der Waals surface area contributed by atoms with E-state index in [4.69, 9.17) is 12.2 Å². The third-order valence-electron chi connectivity index (χ3n) is 3.63. The van der Waals surface area contributed by atoms with Gasteiger partial charge in [-0.1, -0.05) is 69.3 Å². The minimum atomic E-state index is 0.0737. The lowest BCUT2D eigenvalue weighted by Gasteiger charge is -2.24. The first kappa shape index (κ1) is 16.5. The summed E-state index contributed by atoms with van der Waals surface area (Å²) in [5, 5.41) is 7.33. The second-order valence-electron chi connectivity index (χ2n) is 6.53. The fourth-order valence-electron chi connectivity index (χ4n) is 2.43. The van der Waals surface area contributed by atoms with E-state index < -0.39 is 0 Å². The third kappa shape index (κ3) is 4.31. The molecule has 1 atom stereocenters. The zero-order valence-corrected chi connectivity index (χ0v) is 14.5. The summed E-state index contributed by atoms with van der Waals surface area (Å²) in [6, 6.07) is 18.8. The van der Waals surface area contributed by atoms with E-state index in [-0.39, 0.29) is 11.5 Å². The van der Waals surface area contributed by atoms with Gasteiger partial charge >= 0.3 is 0 Å². The second kappa shape index (κ2) is 6.93. The van der Waals surface area contributed by atoms with E-state index in [0.29, 0.717) is 5.11 Å². The highest BCUT2D eigenvalue weighted by atomic mass is 32.1. The van der Waals surface area contributed by atoms with Gasteiger partial charge in [0.25, 0.3) is 0 Å². The van der Waals surface area contributed by atoms with Gasteiger partial charge in [0.1, 0.15) is 0 Å². The minimum Gasteiger partial charge on any atom is -0.356 e. The van der Waals surface area contributed by atoms with Crippen LogP contribution in [0.1, 0.15) is 44.9 Å². The van der Waals surface area contributed by atoms with Gasteiger partial charge in [-0.3, -0.25) is 0 Å². The van der Waals surface area contributed by atoms with Crippen LogP contribution in [0.15, 0.2) is 54.6 Å². The molecule has 0 heterocycles. The van der Waals surface area contributed by atoms with Crippen molar-refractivity contribution >= 4 is 23.0 Å². The minimum absolute atomic E-state index is 0.0737. The second-order valence-corrected chi connectivity index (χ2v) is 6.93. The van der Waals surface area contributed by atoms with Gasteiger partial charge < -0.3 is 10.6 Å². The molecule has 0 saturated heterocycles. The van der Waals surface area contributed by atoms with E-state index in [1.54, 1.807) is 0 Å². The molecule has 0 aliphatic carbocycles. The fourth-order valence-corrected chi connectivity index (χ4v) is 2.71. The van der Waals surface area contributed by atoms with Crippen molar-refractivity contribution in [1.29, 1.82) is 0 Å². The lowest BCUT2D eigenvalue weighted by molar-refractivity contribution is 0.592. The smallest absolute Gasteiger partial charge is 0.171 e. The van der Waals surface area contributed by atoms with Gasteiger partial charge in [-0.25, -0.2) is 0 Å². The molecular weight excluding hydrogens is 288 g/mol. The lowest BCUT2D eigenvalue weighted by Crippen LogP contribution is -2.31. The monoisotopic (exact) mass is 312 g/mol. The molecule has 0 radical (unpaired) electrons. The lowest BCUT2D eigenvalue weighted by atomic mass is 9.86. The van der Waals surface area contributed by atoms with Crippen LogP contribution in [0.5, 0.6) is 0 Å². The van der Waals surface area contributed by atoms with Crippen molar-refractivity contribution in [3.8, 4) is 0 Å². The van der Waals surface area contributed by atoms with E-state index in [1.165, 1.54) is 11.1 Å². The Balaban J connectivity index is 2.07. The third-order valence-corrected chi connectivity index (χ3v) is 3.85. The van der Waals surface area contributed by atoms with Gasteiger partial charge in [0.05, 0.1) is 6.04 Å². The van der Waals surface area contributed by atoms with Gasteiger partial charge in [-0.15, -0.1) is 0 Å². The topological polar surface area (TPSA) is 24.1 Å². The molecule has 0 saturated carbocycles. The van der Waals surface area contributed by atoms with Crippen LogP contribution in [0.2, 0.25) is 0 Å². The van der Waals surface area contributed by atoms with Gasteiger partial charge in [0.15, 0.2) is 5.11 Å². The van der Waals surface area contributed by atoms with Crippen LogP contribution in [0.25, 0.3) is 0 Å². The van der Waals surface area contributed by atoms with Gasteiger partial charge in [0, 0.05) is 5.69 Å². The molecule has 2 aromatic rings. The number of thiocarbonyl (C=S) groups is 1. The van der Waals surface area contributed by atoms with Crippen LogP contribution in [-0.4, -0.2) is 5.11 Å². The maximum absolute atomic E-state index is 5.47. The van der Waals surface area contributed by atoms with Crippen LogP contribution in [0.4, 0.5) is 5.69 Å². The average Bonchev–Trinajstić information content (AvgIpc) is 2.47. The summed E-state index contributed by atoms with van der Waals surface area (Å²) in [5.41, 5.74) is 3.61. The zero-order valence-electron chi connectivity index (χ0n) is 13.7. The quantitative estimate of drug-likeness (QED) is 0.777. The average molecular weight is 312 g/mol. The van der Waals surface area contributed by atoms with Crippen molar-refractivity contribution in [1.82, 2.24) is 5.32 Å². The molecule has 2 nitrogen and oxygen atoms in total. The van der Waals surface area contributed by atoms with Crippen LogP contribution < -0.4 is 10.6 Å². The van der Waals surface area contributed by atoms with Gasteiger partial charge in [-0.2, -0.15) is 0 Å². The summed E-state index contributed by atoms with van der Waals surface area (Å²) in [6.45, 7) is 8.72. The highest BCUT2D eigenvalue weighted by molar-refractivity contribution is 7.80. The summed E-state index contributed by atoms with van der Waals surface area (Å²) < 4.78 is 0. The van der Waals surface area contributed by atoms with E-state index in [0.717, 1.165) is 5.69 Å². The van der Waals surface area contributed by atoms with Crippen molar-refractivity contribution in [2.45, 2.75) is 39.2 Å². The predicted molar refractivity (Wildman–Crippen MR) is 99.4 cm³/mol. The largest absolute Gasteiger partial charge is 0.356 e. The molecule has 2 aromatic carbocycles. The summed E-state index contributed by atoms with van der Waals surface area (Å²) in [6.07, 6.45) is 0. The van der Waals surface area contributed by atoms with Gasteiger partial charge in [0.2, 0.25) is 0 Å². The van der Waals surface area contributed by atoms with Crippen LogP contribution in [-0.2, 0) is 5.41 Å². The molecule has 0 unspecified atom stereocenters. The maximum Gasteiger partial charge on any atom is 0.171 e. The first-order chi connectivity index (χ1) is 10.4.